The molecule has 6 heteroatoms. The molecule has 1 fully saturated rings. The van der Waals surface area contributed by atoms with Crippen molar-refractivity contribution in [2.75, 3.05) is 4.90 Å². The van der Waals surface area contributed by atoms with Gasteiger partial charge in [-0.3, -0.25) is 9.59 Å². The Balaban J connectivity index is 2.55. The number of carbonyl (C=O) groups excluding carboxylic acids is 2. The van der Waals surface area contributed by atoms with Crippen molar-refractivity contribution in [2.45, 2.75) is 18.6 Å². The third-order valence-corrected chi connectivity index (χ3v) is 3.47. The van der Waals surface area contributed by atoms with Gasteiger partial charge in [0, 0.05) is 11.4 Å². The summed E-state index contributed by atoms with van der Waals surface area (Å²) in [6.45, 7) is 1.75. The van der Waals surface area contributed by atoms with Crippen molar-refractivity contribution >= 4 is 53.3 Å². The highest BCUT2D eigenvalue weighted by Gasteiger charge is 2.39. The van der Waals surface area contributed by atoms with Crippen LogP contribution in [0.2, 0.25) is 10.0 Å². The molecule has 1 aliphatic rings. The first-order valence-corrected chi connectivity index (χ1v) is 6.19. The highest BCUT2D eigenvalue weighted by Crippen LogP contribution is 2.36. The van der Waals surface area contributed by atoms with Crippen LogP contribution >= 0.6 is 35.8 Å². The Morgan fingerprint density at radius 3 is 2.47 bits per heavy atom. The maximum absolute atomic E-state index is 11.8. The van der Waals surface area contributed by atoms with Crippen LogP contribution in [-0.4, -0.2) is 17.1 Å². The van der Waals surface area contributed by atoms with Crippen molar-refractivity contribution in [1.29, 1.82) is 0 Å². The second-order valence-corrected chi connectivity index (χ2v) is 5.31. The standard InChI is InChI=1S/C11H9Cl2NO2S/c1-5-2-6(12)3-7(13)10(5)14-9(15)4-8(17)11(14)16/h2-3,8,17H,4H2,1H3. The summed E-state index contributed by atoms with van der Waals surface area (Å²) in [5.74, 6) is -0.632. The van der Waals surface area contributed by atoms with Crippen molar-refractivity contribution in [3.63, 3.8) is 0 Å². The van der Waals surface area contributed by atoms with Crippen LogP contribution in [0, 0.1) is 6.92 Å². The van der Waals surface area contributed by atoms with Gasteiger partial charge < -0.3 is 0 Å². The normalized spacial score (nSPS) is 20.2. The molecular weight excluding hydrogens is 281 g/mol. The fourth-order valence-electron chi connectivity index (χ4n) is 1.83. The number of rotatable bonds is 1. The molecule has 1 unspecified atom stereocenters. The van der Waals surface area contributed by atoms with E-state index in [2.05, 4.69) is 12.6 Å². The smallest absolute Gasteiger partial charge is 0.247 e. The van der Waals surface area contributed by atoms with E-state index in [0.717, 1.165) is 4.90 Å². The summed E-state index contributed by atoms with van der Waals surface area (Å²) >= 11 is 15.9. The van der Waals surface area contributed by atoms with Gasteiger partial charge >= 0.3 is 0 Å². The van der Waals surface area contributed by atoms with E-state index in [0.29, 0.717) is 21.3 Å². The zero-order valence-electron chi connectivity index (χ0n) is 8.91. The summed E-state index contributed by atoms with van der Waals surface area (Å²) in [5.41, 5.74) is 1.09. The number of imide groups is 1. The lowest BCUT2D eigenvalue weighted by Crippen LogP contribution is -2.31. The van der Waals surface area contributed by atoms with E-state index in [-0.39, 0.29) is 18.2 Å². The van der Waals surface area contributed by atoms with Crippen LogP contribution in [0.25, 0.3) is 0 Å². The minimum absolute atomic E-state index is 0.0976. The van der Waals surface area contributed by atoms with Gasteiger partial charge in [-0.25, -0.2) is 4.90 Å². The number of benzene rings is 1. The Morgan fingerprint density at radius 2 is 2.00 bits per heavy atom. The van der Waals surface area contributed by atoms with Crippen LogP contribution < -0.4 is 4.90 Å². The first-order chi connectivity index (χ1) is 7.91. The fraction of sp³-hybridized carbons (Fsp3) is 0.273. The van der Waals surface area contributed by atoms with Gasteiger partial charge in [-0.15, -0.1) is 0 Å². The molecule has 1 saturated heterocycles. The number of hydrogen-bond acceptors (Lipinski definition) is 3. The van der Waals surface area contributed by atoms with E-state index < -0.39 is 5.25 Å². The van der Waals surface area contributed by atoms with Gasteiger partial charge in [0.25, 0.3) is 0 Å². The number of aryl methyl sites for hydroxylation is 1. The molecule has 2 amide bonds. The number of carbonyl (C=O) groups is 2. The zero-order chi connectivity index (χ0) is 12.7. The molecule has 0 bridgehead atoms. The first kappa shape index (κ1) is 12.7. The number of amides is 2. The molecule has 0 aliphatic carbocycles. The van der Waals surface area contributed by atoms with Crippen molar-refractivity contribution < 1.29 is 9.59 Å². The Bertz CT molecular complexity index is 495. The van der Waals surface area contributed by atoms with Crippen LogP contribution in [0.3, 0.4) is 0 Å². The SMILES string of the molecule is Cc1cc(Cl)cc(Cl)c1N1C(=O)CC(S)C1=O. The van der Waals surface area contributed by atoms with E-state index in [4.69, 9.17) is 23.2 Å². The van der Waals surface area contributed by atoms with Crippen molar-refractivity contribution in [2.24, 2.45) is 0 Å². The summed E-state index contributed by atoms with van der Waals surface area (Å²) in [6.07, 6.45) is 0.0976. The third-order valence-electron chi connectivity index (χ3n) is 2.57. The molecular formula is C11H9Cl2NO2S. The second kappa shape index (κ2) is 4.52. The average molecular weight is 290 g/mol. The summed E-state index contributed by atoms with van der Waals surface area (Å²) in [5, 5.41) is 0.172. The number of thiol groups is 1. The van der Waals surface area contributed by atoms with Crippen LogP contribution in [0.15, 0.2) is 12.1 Å². The quantitative estimate of drug-likeness (QED) is 0.638. The summed E-state index contributed by atoms with van der Waals surface area (Å²) in [7, 11) is 0. The highest BCUT2D eigenvalue weighted by molar-refractivity contribution is 7.82. The molecule has 1 heterocycles. The van der Waals surface area contributed by atoms with Gasteiger partial charge in [-0.1, -0.05) is 23.2 Å². The fourth-order valence-corrected chi connectivity index (χ4v) is 2.78. The largest absolute Gasteiger partial charge is 0.274 e. The molecule has 2 rings (SSSR count). The van der Waals surface area contributed by atoms with E-state index in [1.165, 1.54) is 6.07 Å². The molecule has 1 atom stereocenters. The number of halogens is 2. The molecule has 1 aromatic carbocycles. The van der Waals surface area contributed by atoms with Gasteiger partial charge in [-0.05, 0) is 24.6 Å². The lowest BCUT2D eigenvalue weighted by molar-refractivity contribution is -0.121. The van der Waals surface area contributed by atoms with Crippen LogP contribution in [0.1, 0.15) is 12.0 Å². The number of anilines is 1. The first-order valence-electron chi connectivity index (χ1n) is 4.92. The lowest BCUT2D eigenvalue weighted by atomic mass is 10.2. The number of nitrogens with zero attached hydrogens (tertiary/aromatic N) is 1. The van der Waals surface area contributed by atoms with Gasteiger partial charge in [0.05, 0.1) is 16.0 Å². The molecule has 3 nitrogen and oxygen atoms in total. The molecule has 17 heavy (non-hydrogen) atoms. The number of hydrogen-bond donors (Lipinski definition) is 1. The Hall–Kier alpha value is -0.710. The maximum Gasteiger partial charge on any atom is 0.247 e. The summed E-state index contributed by atoms with van der Waals surface area (Å²) in [4.78, 5) is 24.7. The van der Waals surface area contributed by atoms with Gasteiger partial charge in [-0.2, -0.15) is 12.6 Å². The van der Waals surface area contributed by atoms with Gasteiger partial charge in [0.15, 0.2) is 0 Å². The third kappa shape index (κ3) is 2.17. The molecule has 0 saturated carbocycles. The van der Waals surface area contributed by atoms with Crippen molar-refractivity contribution in [1.82, 2.24) is 0 Å². The van der Waals surface area contributed by atoms with Crippen molar-refractivity contribution in [3.05, 3.63) is 27.7 Å². The topological polar surface area (TPSA) is 37.4 Å². The Labute approximate surface area is 114 Å². The highest BCUT2D eigenvalue weighted by atomic mass is 35.5. The predicted octanol–water partition coefficient (Wildman–Crippen LogP) is 2.86. The van der Waals surface area contributed by atoms with Crippen LogP contribution in [-0.2, 0) is 9.59 Å². The predicted molar refractivity (Wildman–Crippen MR) is 71.1 cm³/mol. The summed E-state index contributed by atoms with van der Waals surface area (Å²) < 4.78 is 0. The molecule has 90 valence electrons. The van der Waals surface area contributed by atoms with Gasteiger partial charge in [0.2, 0.25) is 11.8 Å². The van der Waals surface area contributed by atoms with Crippen LogP contribution in [0.5, 0.6) is 0 Å². The molecule has 1 aromatic rings. The minimum Gasteiger partial charge on any atom is -0.274 e. The average Bonchev–Trinajstić information content (AvgIpc) is 2.43. The Kier molecular flexibility index (Phi) is 3.39. The molecule has 0 N–H and O–H groups in total. The van der Waals surface area contributed by atoms with E-state index in [1.807, 2.05) is 0 Å². The lowest BCUT2D eigenvalue weighted by Gasteiger charge is -2.18. The Morgan fingerprint density at radius 1 is 1.35 bits per heavy atom. The minimum atomic E-state index is -0.589. The van der Waals surface area contributed by atoms with Gasteiger partial charge in [0.1, 0.15) is 0 Å². The summed E-state index contributed by atoms with van der Waals surface area (Å²) in [6, 6.07) is 3.17. The second-order valence-electron chi connectivity index (χ2n) is 3.84. The van der Waals surface area contributed by atoms with E-state index >= 15 is 0 Å². The molecule has 0 aromatic heterocycles. The van der Waals surface area contributed by atoms with Crippen LogP contribution in [0.4, 0.5) is 5.69 Å². The molecule has 1 aliphatic heterocycles. The molecule has 0 spiro atoms. The van der Waals surface area contributed by atoms with E-state index in [9.17, 15) is 9.59 Å². The monoisotopic (exact) mass is 289 g/mol. The van der Waals surface area contributed by atoms with Crippen molar-refractivity contribution in [3.8, 4) is 0 Å². The zero-order valence-corrected chi connectivity index (χ0v) is 11.3. The maximum atomic E-state index is 11.8. The molecule has 0 radical (unpaired) electrons. The van der Waals surface area contributed by atoms with E-state index in [1.54, 1.807) is 13.0 Å².